The van der Waals surface area contributed by atoms with Gasteiger partial charge >= 0.3 is 0 Å². The molecule has 1 aromatic heterocycles. The highest BCUT2D eigenvalue weighted by Gasteiger charge is 2.10. The molecule has 24 heavy (non-hydrogen) atoms. The van der Waals surface area contributed by atoms with E-state index in [2.05, 4.69) is 9.82 Å². The first kappa shape index (κ1) is 16.5. The van der Waals surface area contributed by atoms with E-state index < -0.39 is 10.0 Å². The van der Waals surface area contributed by atoms with Gasteiger partial charge in [-0.15, -0.1) is 0 Å². The maximum atomic E-state index is 11.3. The van der Waals surface area contributed by atoms with Gasteiger partial charge in [0.2, 0.25) is 10.0 Å². The molecule has 0 bridgehead atoms. The van der Waals surface area contributed by atoms with Gasteiger partial charge in [-0.25, -0.2) is 13.1 Å². The van der Waals surface area contributed by atoms with Crippen molar-refractivity contribution in [3.8, 4) is 16.9 Å². The lowest BCUT2D eigenvalue weighted by molar-refractivity contribution is 0.607. The van der Waals surface area contributed by atoms with E-state index in [-0.39, 0.29) is 0 Å². The van der Waals surface area contributed by atoms with Gasteiger partial charge in [-0.05, 0) is 49.4 Å². The molecule has 1 N–H and O–H groups in total. The summed E-state index contributed by atoms with van der Waals surface area (Å²) in [5.74, 6) is 0. The van der Waals surface area contributed by atoms with Crippen molar-refractivity contribution in [3.05, 3.63) is 65.3 Å². The Hall–Kier alpha value is -2.31. The monoisotopic (exact) mass is 361 g/mol. The van der Waals surface area contributed by atoms with Crippen LogP contribution in [-0.4, -0.2) is 24.5 Å². The minimum absolute atomic E-state index is 0.512. The molecular formula is C17H16ClN3O2S. The second-order valence-electron chi connectivity index (χ2n) is 5.51. The average molecular weight is 362 g/mol. The molecule has 0 saturated carbocycles. The smallest absolute Gasteiger partial charge is 0.229 e. The fraction of sp³-hybridized carbons (Fsp3) is 0.118. The van der Waals surface area contributed by atoms with Gasteiger partial charge in [0.1, 0.15) is 0 Å². The van der Waals surface area contributed by atoms with Crippen LogP contribution in [0.15, 0.2) is 54.6 Å². The molecule has 3 aromatic rings. The third kappa shape index (κ3) is 3.77. The van der Waals surface area contributed by atoms with Crippen molar-refractivity contribution in [1.82, 2.24) is 9.78 Å². The second-order valence-corrected chi connectivity index (χ2v) is 7.70. The van der Waals surface area contributed by atoms with E-state index in [1.807, 2.05) is 54.1 Å². The van der Waals surface area contributed by atoms with Gasteiger partial charge in [0.05, 0.1) is 23.3 Å². The number of aryl methyl sites for hydroxylation is 1. The van der Waals surface area contributed by atoms with Crippen LogP contribution in [-0.2, 0) is 10.0 Å². The summed E-state index contributed by atoms with van der Waals surface area (Å²) in [4.78, 5) is 0. The second kappa shape index (κ2) is 6.30. The molecule has 1 heterocycles. The maximum absolute atomic E-state index is 11.3. The zero-order chi connectivity index (χ0) is 17.3. The number of aromatic nitrogens is 2. The first-order valence-electron chi connectivity index (χ1n) is 7.23. The SMILES string of the molecule is Cc1cc(-c2ccc(Cl)cc2)n(-c2ccc(NS(C)(=O)=O)cc2)n1. The fourth-order valence-electron chi connectivity index (χ4n) is 2.41. The van der Waals surface area contributed by atoms with E-state index in [1.165, 1.54) is 0 Å². The molecule has 124 valence electrons. The van der Waals surface area contributed by atoms with E-state index in [0.717, 1.165) is 28.9 Å². The number of benzene rings is 2. The fourth-order valence-corrected chi connectivity index (χ4v) is 3.10. The standard InChI is InChI=1S/C17H16ClN3O2S/c1-12-11-17(13-3-5-14(18)6-4-13)21(19-12)16-9-7-15(8-10-16)20-24(2,22)23/h3-11,20H,1-2H3. The number of hydrogen-bond acceptors (Lipinski definition) is 3. The number of rotatable bonds is 4. The van der Waals surface area contributed by atoms with Crippen molar-refractivity contribution in [2.45, 2.75) is 6.92 Å². The largest absolute Gasteiger partial charge is 0.284 e. The van der Waals surface area contributed by atoms with Gasteiger partial charge in [-0.3, -0.25) is 4.72 Å². The molecule has 0 atom stereocenters. The molecule has 5 nitrogen and oxygen atoms in total. The van der Waals surface area contributed by atoms with Crippen molar-refractivity contribution >= 4 is 27.3 Å². The van der Waals surface area contributed by atoms with Crippen LogP contribution in [0.4, 0.5) is 5.69 Å². The topological polar surface area (TPSA) is 64.0 Å². The Balaban J connectivity index is 1.99. The van der Waals surface area contributed by atoms with Gasteiger partial charge in [-0.1, -0.05) is 23.7 Å². The van der Waals surface area contributed by atoms with Crippen molar-refractivity contribution in [1.29, 1.82) is 0 Å². The number of nitrogens with one attached hydrogen (secondary N) is 1. The summed E-state index contributed by atoms with van der Waals surface area (Å²) in [6.45, 7) is 1.93. The van der Waals surface area contributed by atoms with Gasteiger partial charge < -0.3 is 0 Å². The van der Waals surface area contributed by atoms with E-state index in [0.29, 0.717) is 10.7 Å². The van der Waals surface area contributed by atoms with Crippen molar-refractivity contribution < 1.29 is 8.42 Å². The van der Waals surface area contributed by atoms with E-state index in [9.17, 15) is 8.42 Å². The lowest BCUT2D eigenvalue weighted by atomic mass is 10.1. The molecule has 2 aromatic carbocycles. The van der Waals surface area contributed by atoms with Crippen LogP contribution in [0.25, 0.3) is 16.9 Å². The molecule has 0 spiro atoms. The molecule has 7 heteroatoms. The van der Waals surface area contributed by atoms with E-state index in [1.54, 1.807) is 12.1 Å². The predicted octanol–water partition coefficient (Wildman–Crippen LogP) is 3.87. The number of sulfonamides is 1. The molecule has 0 fully saturated rings. The Kier molecular flexibility index (Phi) is 4.34. The third-order valence-corrected chi connectivity index (χ3v) is 4.25. The molecule has 0 aliphatic heterocycles. The zero-order valence-electron chi connectivity index (χ0n) is 13.2. The van der Waals surface area contributed by atoms with Gasteiger partial charge in [-0.2, -0.15) is 5.10 Å². The van der Waals surface area contributed by atoms with E-state index >= 15 is 0 Å². The summed E-state index contributed by atoms with van der Waals surface area (Å²) in [6.07, 6.45) is 1.12. The third-order valence-electron chi connectivity index (χ3n) is 3.39. The van der Waals surface area contributed by atoms with Crippen molar-refractivity contribution in [2.24, 2.45) is 0 Å². The minimum Gasteiger partial charge on any atom is -0.284 e. The maximum Gasteiger partial charge on any atom is 0.229 e. The summed E-state index contributed by atoms with van der Waals surface area (Å²) in [7, 11) is -3.29. The Morgan fingerprint density at radius 3 is 2.25 bits per heavy atom. The van der Waals surface area contributed by atoms with Crippen LogP contribution in [0.1, 0.15) is 5.69 Å². The first-order valence-corrected chi connectivity index (χ1v) is 9.49. The highest BCUT2D eigenvalue weighted by Crippen LogP contribution is 2.26. The van der Waals surface area contributed by atoms with Crippen LogP contribution < -0.4 is 4.72 Å². The number of halogens is 1. The van der Waals surface area contributed by atoms with Crippen LogP contribution in [0.3, 0.4) is 0 Å². The normalized spacial score (nSPS) is 11.5. The molecule has 0 saturated heterocycles. The molecule has 3 rings (SSSR count). The highest BCUT2D eigenvalue weighted by molar-refractivity contribution is 7.92. The van der Waals surface area contributed by atoms with Crippen LogP contribution in [0.2, 0.25) is 5.02 Å². The van der Waals surface area contributed by atoms with Crippen molar-refractivity contribution in [2.75, 3.05) is 11.0 Å². The quantitative estimate of drug-likeness (QED) is 0.767. The number of hydrogen-bond donors (Lipinski definition) is 1. The Morgan fingerprint density at radius 2 is 1.67 bits per heavy atom. The first-order chi connectivity index (χ1) is 11.3. The Morgan fingerprint density at radius 1 is 1.04 bits per heavy atom. The van der Waals surface area contributed by atoms with Gasteiger partial charge in [0.25, 0.3) is 0 Å². The zero-order valence-corrected chi connectivity index (χ0v) is 14.8. The lowest BCUT2D eigenvalue weighted by Crippen LogP contribution is -2.09. The van der Waals surface area contributed by atoms with Crippen molar-refractivity contribution in [3.63, 3.8) is 0 Å². The average Bonchev–Trinajstić information content (AvgIpc) is 2.89. The molecule has 0 amide bonds. The lowest BCUT2D eigenvalue weighted by Gasteiger charge is -2.09. The Bertz CT molecular complexity index is 962. The van der Waals surface area contributed by atoms with E-state index in [4.69, 9.17) is 11.6 Å². The molecule has 0 unspecified atom stereocenters. The molecule has 0 aliphatic rings. The van der Waals surface area contributed by atoms with Crippen LogP contribution >= 0.6 is 11.6 Å². The molecule has 0 aliphatic carbocycles. The predicted molar refractivity (Wildman–Crippen MR) is 97.2 cm³/mol. The highest BCUT2D eigenvalue weighted by atomic mass is 35.5. The summed E-state index contributed by atoms with van der Waals surface area (Å²) in [5.41, 5.74) is 4.18. The molecule has 0 radical (unpaired) electrons. The van der Waals surface area contributed by atoms with Crippen LogP contribution in [0.5, 0.6) is 0 Å². The molecular weight excluding hydrogens is 346 g/mol. The van der Waals surface area contributed by atoms with Crippen LogP contribution in [0, 0.1) is 6.92 Å². The Labute approximate surface area is 145 Å². The summed E-state index contributed by atoms with van der Waals surface area (Å²) in [5, 5.41) is 5.21. The van der Waals surface area contributed by atoms with Gasteiger partial charge in [0.15, 0.2) is 0 Å². The number of anilines is 1. The minimum atomic E-state index is -3.29. The summed E-state index contributed by atoms with van der Waals surface area (Å²) in [6, 6.07) is 16.6. The number of nitrogens with zero attached hydrogens (tertiary/aromatic N) is 2. The van der Waals surface area contributed by atoms with Gasteiger partial charge in [0, 0.05) is 16.3 Å². The summed E-state index contributed by atoms with van der Waals surface area (Å²) >= 11 is 5.95. The summed E-state index contributed by atoms with van der Waals surface area (Å²) < 4.78 is 26.8.